The predicted molar refractivity (Wildman–Crippen MR) is 102 cm³/mol. The Hall–Kier alpha value is -2.88. The van der Waals surface area contributed by atoms with Crippen LogP contribution in [0, 0.1) is 0 Å². The Morgan fingerprint density at radius 3 is 2.50 bits per heavy atom. The highest BCUT2D eigenvalue weighted by Gasteiger charge is 2.46. The lowest BCUT2D eigenvalue weighted by Crippen LogP contribution is -2.54. The maximum absolute atomic E-state index is 13.2. The average Bonchev–Trinajstić information content (AvgIpc) is 3.11. The van der Waals surface area contributed by atoms with Crippen molar-refractivity contribution in [2.75, 3.05) is 0 Å². The second-order valence-electron chi connectivity index (χ2n) is 6.77. The normalized spacial score (nSPS) is 24.6. The number of hydrogen-bond donors (Lipinski definition) is 0. The van der Waals surface area contributed by atoms with E-state index in [0.717, 1.165) is 24.0 Å². The molecule has 2 heterocycles. The van der Waals surface area contributed by atoms with E-state index in [-0.39, 0.29) is 18.1 Å². The van der Waals surface area contributed by atoms with Crippen LogP contribution < -0.4 is 0 Å². The van der Waals surface area contributed by atoms with Crippen LogP contribution in [0.5, 0.6) is 0 Å². The van der Waals surface area contributed by atoms with Crippen LogP contribution in [0.2, 0.25) is 0 Å². The van der Waals surface area contributed by atoms with E-state index >= 15 is 0 Å². The molecule has 0 N–H and O–H groups in total. The van der Waals surface area contributed by atoms with Gasteiger partial charge in [-0.15, -0.1) is 6.58 Å². The molecule has 1 fully saturated rings. The lowest BCUT2D eigenvalue weighted by Gasteiger charge is -2.39. The number of amides is 1. The van der Waals surface area contributed by atoms with E-state index in [0.29, 0.717) is 12.4 Å². The molecular formula is C22H22N2O2. The van der Waals surface area contributed by atoms with Gasteiger partial charge in [0.25, 0.3) is 5.91 Å². The third-order valence-corrected chi connectivity index (χ3v) is 5.01. The van der Waals surface area contributed by atoms with Crippen molar-refractivity contribution in [2.45, 2.75) is 37.6 Å². The van der Waals surface area contributed by atoms with Crippen LogP contribution in [-0.2, 0) is 16.1 Å². The van der Waals surface area contributed by atoms with E-state index in [2.05, 4.69) is 11.6 Å². The van der Waals surface area contributed by atoms with Gasteiger partial charge in [-0.05, 0) is 24.1 Å². The topological polar surface area (TPSA) is 41.9 Å². The molecule has 3 atom stereocenters. The van der Waals surface area contributed by atoms with E-state index in [1.807, 2.05) is 71.6 Å². The fourth-order valence-corrected chi connectivity index (χ4v) is 3.71. The number of carbonyl (C=O) groups excluding carboxylic acids is 1. The van der Waals surface area contributed by atoms with Gasteiger partial charge in [-0.2, -0.15) is 0 Å². The fraction of sp³-hybridized carbons (Fsp3) is 0.273. The van der Waals surface area contributed by atoms with Crippen LogP contribution in [0.3, 0.4) is 0 Å². The van der Waals surface area contributed by atoms with Crippen LogP contribution in [-0.4, -0.2) is 34.9 Å². The molecule has 4 rings (SSSR count). The van der Waals surface area contributed by atoms with Crippen molar-refractivity contribution in [3.8, 4) is 0 Å². The van der Waals surface area contributed by atoms with Gasteiger partial charge < -0.3 is 9.64 Å². The van der Waals surface area contributed by atoms with Crippen molar-refractivity contribution in [1.29, 1.82) is 0 Å². The number of aliphatic imine (C=N–C) groups is 1. The highest BCUT2D eigenvalue weighted by Crippen LogP contribution is 2.32. The summed E-state index contributed by atoms with van der Waals surface area (Å²) in [6, 6.07) is 19.5. The van der Waals surface area contributed by atoms with Crippen molar-refractivity contribution in [1.82, 2.24) is 4.90 Å². The molecule has 2 aromatic carbocycles. The lowest BCUT2D eigenvalue weighted by molar-refractivity contribution is -0.142. The van der Waals surface area contributed by atoms with Crippen LogP contribution in [0.4, 0.5) is 0 Å². The number of ether oxygens (including phenoxy) is 1. The molecule has 2 aliphatic rings. The monoisotopic (exact) mass is 346 g/mol. The average molecular weight is 346 g/mol. The standard InChI is InChI=1S/C22H22N2O2/c1-2-9-18-14-19-20(23-21(26-19)17-12-7-4-8-13-17)22(25)24(18)15-16-10-5-3-6-11-16/h2-8,10-13,18-20H,1,9,14-15H2/t18-,19-,20-/m1/s1. The summed E-state index contributed by atoms with van der Waals surface area (Å²) in [7, 11) is 0. The summed E-state index contributed by atoms with van der Waals surface area (Å²) >= 11 is 0. The summed E-state index contributed by atoms with van der Waals surface area (Å²) in [5, 5.41) is 0. The van der Waals surface area contributed by atoms with Crippen molar-refractivity contribution >= 4 is 11.8 Å². The number of carbonyl (C=O) groups is 1. The molecular weight excluding hydrogens is 324 g/mol. The van der Waals surface area contributed by atoms with E-state index in [4.69, 9.17) is 4.74 Å². The second kappa shape index (κ2) is 7.16. The smallest absolute Gasteiger partial charge is 0.251 e. The third kappa shape index (κ3) is 3.15. The maximum Gasteiger partial charge on any atom is 0.251 e. The summed E-state index contributed by atoms with van der Waals surface area (Å²) in [6.45, 7) is 4.46. The minimum atomic E-state index is -0.449. The van der Waals surface area contributed by atoms with Gasteiger partial charge in [0.2, 0.25) is 5.90 Å². The molecule has 0 unspecified atom stereocenters. The molecule has 4 nitrogen and oxygen atoms in total. The first kappa shape index (κ1) is 16.6. The molecule has 4 heteroatoms. The highest BCUT2D eigenvalue weighted by molar-refractivity contribution is 5.99. The number of hydrogen-bond acceptors (Lipinski definition) is 3. The zero-order valence-electron chi connectivity index (χ0n) is 14.6. The molecule has 2 aliphatic heterocycles. The Kier molecular flexibility index (Phi) is 4.57. The van der Waals surface area contributed by atoms with E-state index in [1.54, 1.807) is 0 Å². The van der Waals surface area contributed by atoms with Gasteiger partial charge in [-0.25, -0.2) is 4.99 Å². The molecule has 26 heavy (non-hydrogen) atoms. The van der Waals surface area contributed by atoms with E-state index in [9.17, 15) is 4.79 Å². The van der Waals surface area contributed by atoms with Gasteiger partial charge in [0.1, 0.15) is 6.10 Å². The number of nitrogens with zero attached hydrogens (tertiary/aromatic N) is 2. The summed E-state index contributed by atoms with van der Waals surface area (Å²) in [5.41, 5.74) is 2.05. The number of likely N-dealkylation sites (tertiary alicyclic amines) is 1. The first-order valence-corrected chi connectivity index (χ1v) is 9.01. The van der Waals surface area contributed by atoms with Crippen molar-refractivity contribution in [3.05, 3.63) is 84.4 Å². The molecule has 1 amide bonds. The number of benzene rings is 2. The van der Waals surface area contributed by atoms with Crippen LogP contribution in [0.15, 0.2) is 78.3 Å². The Bertz CT molecular complexity index is 817. The lowest BCUT2D eigenvalue weighted by atomic mass is 9.92. The quantitative estimate of drug-likeness (QED) is 0.777. The van der Waals surface area contributed by atoms with Gasteiger partial charge in [-0.3, -0.25) is 4.79 Å². The first-order valence-electron chi connectivity index (χ1n) is 9.01. The van der Waals surface area contributed by atoms with Crippen LogP contribution in [0.1, 0.15) is 24.0 Å². The van der Waals surface area contributed by atoms with Crippen molar-refractivity contribution < 1.29 is 9.53 Å². The second-order valence-corrected chi connectivity index (χ2v) is 6.77. The maximum atomic E-state index is 13.2. The summed E-state index contributed by atoms with van der Waals surface area (Å²) in [6.07, 6.45) is 3.22. The molecule has 0 radical (unpaired) electrons. The van der Waals surface area contributed by atoms with Crippen LogP contribution >= 0.6 is 0 Å². The highest BCUT2D eigenvalue weighted by atomic mass is 16.5. The zero-order valence-corrected chi connectivity index (χ0v) is 14.6. The van der Waals surface area contributed by atoms with Crippen molar-refractivity contribution in [2.24, 2.45) is 4.99 Å². The molecule has 0 saturated carbocycles. The van der Waals surface area contributed by atoms with Gasteiger partial charge in [0, 0.05) is 24.6 Å². The van der Waals surface area contributed by atoms with Crippen molar-refractivity contribution in [3.63, 3.8) is 0 Å². The van der Waals surface area contributed by atoms with E-state index in [1.165, 1.54) is 0 Å². The number of rotatable bonds is 5. The largest absolute Gasteiger partial charge is 0.471 e. The van der Waals surface area contributed by atoms with Gasteiger partial charge in [-0.1, -0.05) is 54.6 Å². The van der Waals surface area contributed by atoms with Crippen LogP contribution in [0.25, 0.3) is 0 Å². The molecule has 1 saturated heterocycles. The fourth-order valence-electron chi connectivity index (χ4n) is 3.71. The minimum absolute atomic E-state index is 0.0443. The Balaban J connectivity index is 1.60. The SMILES string of the molecule is C=CC[C@@H]1C[C@H]2OC(c3ccccc3)=N[C@H]2C(=O)N1Cc1ccccc1. The molecule has 0 spiro atoms. The Morgan fingerprint density at radius 2 is 1.81 bits per heavy atom. The molecule has 2 aromatic rings. The summed E-state index contributed by atoms with van der Waals surface area (Å²) in [4.78, 5) is 19.7. The molecule has 0 bridgehead atoms. The number of fused-ring (bicyclic) bond motifs is 1. The number of piperidine rings is 1. The summed E-state index contributed by atoms with van der Waals surface area (Å²) < 4.78 is 6.07. The third-order valence-electron chi connectivity index (χ3n) is 5.01. The van der Waals surface area contributed by atoms with Gasteiger partial charge >= 0.3 is 0 Å². The van der Waals surface area contributed by atoms with Gasteiger partial charge in [0.15, 0.2) is 6.04 Å². The van der Waals surface area contributed by atoms with Gasteiger partial charge in [0.05, 0.1) is 0 Å². The Morgan fingerprint density at radius 1 is 1.12 bits per heavy atom. The molecule has 0 aliphatic carbocycles. The minimum Gasteiger partial charge on any atom is -0.471 e. The van der Waals surface area contributed by atoms with E-state index < -0.39 is 6.04 Å². The molecule has 132 valence electrons. The first-order chi connectivity index (χ1) is 12.8. The molecule has 0 aromatic heterocycles. The zero-order chi connectivity index (χ0) is 17.9. The summed E-state index contributed by atoms with van der Waals surface area (Å²) in [5.74, 6) is 0.621. The predicted octanol–water partition coefficient (Wildman–Crippen LogP) is 3.58. The Labute approximate surface area is 153 Å².